The van der Waals surface area contributed by atoms with Crippen LogP contribution in [-0.2, 0) is 28.7 Å². The fourth-order valence-corrected chi connectivity index (χ4v) is 6.41. The Balaban J connectivity index is 0.00000265. The van der Waals surface area contributed by atoms with Gasteiger partial charge in [-0.2, -0.15) is 0 Å². The Morgan fingerprint density at radius 1 is 1.00 bits per heavy atom. The first-order chi connectivity index (χ1) is 22.4. The normalized spacial score (nSPS) is 21.3. The van der Waals surface area contributed by atoms with Crippen LogP contribution in [-0.4, -0.2) is 83.4 Å². The molecular formula is C37H61N3O7. The summed E-state index contributed by atoms with van der Waals surface area (Å²) in [4.78, 5) is 66.0. The number of esters is 1. The summed E-state index contributed by atoms with van der Waals surface area (Å²) in [7, 11) is 1.00. The molecular weight excluding hydrogens is 598 g/mol. The van der Waals surface area contributed by atoms with Gasteiger partial charge in [-0.1, -0.05) is 65.5 Å². The maximum Gasteiger partial charge on any atom is 0.309 e. The number of hydrogen-bond acceptors (Lipinski definition) is 7. The molecule has 2 fully saturated rings. The first-order valence-electron chi connectivity index (χ1n) is 17.5. The second-order valence-corrected chi connectivity index (χ2v) is 13.4. The van der Waals surface area contributed by atoms with Crippen molar-refractivity contribution in [2.24, 2.45) is 35.5 Å². The van der Waals surface area contributed by atoms with E-state index < -0.39 is 5.60 Å². The van der Waals surface area contributed by atoms with E-state index in [0.29, 0.717) is 32.5 Å². The van der Waals surface area contributed by atoms with Gasteiger partial charge in [0.25, 0.3) is 0 Å². The first-order valence-corrected chi connectivity index (χ1v) is 17.5. The van der Waals surface area contributed by atoms with Crippen molar-refractivity contribution in [3.8, 4) is 12.3 Å². The second-order valence-electron chi connectivity index (χ2n) is 13.4. The molecule has 1 saturated heterocycles. The van der Waals surface area contributed by atoms with Gasteiger partial charge in [0, 0.05) is 39.6 Å². The number of rotatable bonds is 18. The number of aliphatic hydroxyl groups excluding tert-OH is 1. The number of nitrogens with one attached hydrogen (secondary N) is 1. The predicted octanol–water partition coefficient (Wildman–Crippen LogP) is 4.74. The van der Waals surface area contributed by atoms with Crippen LogP contribution in [0, 0.1) is 47.9 Å². The molecule has 0 aromatic heterocycles. The molecule has 5 unspecified atom stereocenters. The number of likely N-dealkylation sites (tertiary alicyclic amines) is 1. The minimum atomic E-state index is -0.615. The highest BCUT2D eigenvalue weighted by Crippen LogP contribution is 2.52. The van der Waals surface area contributed by atoms with Crippen LogP contribution < -0.4 is 5.32 Å². The maximum absolute atomic E-state index is 12.8. The van der Waals surface area contributed by atoms with Gasteiger partial charge < -0.3 is 20.1 Å². The SMILES string of the molecule is C#CCN(CCCCCCN1C(=O)C2C3C=CC(C3)C2C1=O)C(=O)CCC(=O)NCCCC(C)(C)OC(=O)C(C)C(C)C.CC.CO. The smallest absolute Gasteiger partial charge is 0.309 e. The number of terminal acetylenes is 1. The molecule has 2 bridgehead atoms. The quantitative estimate of drug-likeness (QED) is 0.0714. The van der Waals surface area contributed by atoms with Crippen molar-refractivity contribution in [2.45, 2.75) is 112 Å². The summed E-state index contributed by atoms with van der Waals surface area (Å²) in [6.07, 6.45) is 15.3. The number of imide groups is 1. The number of ether oxygens (including phenoxy) is 1. The Kier molecular flexibility index (Phi) is 18.6. The van der Waals surface area contributed by atoms with Gasteiger partial charge in [0.2, 0.25) is 23.6 Å². The molecule has 3 aliphatic rings. The maximum atomic E-state index is 12.8. The van der Waals surface area contributed by atoms with Crippen LogP contribution in [0.3, 0.4) is 0 Å². The van der Waals surface area contributed by atoms with Crippen LogP contribution in [0.25, 0.3) is 0 Å². The van der Waals surface area contributed by atoms with E-state index >= 15 is 0 Å². The monoisotopic (exact) mass is 659 g/mol. The van der Waals surface area contributed by atoms with Crippen molar-refractivity contribution in [1.82, 2.24) is 15.1 Å². The molecule has 0 aromatic rings. The van der Waals surface area contributed by atoms with E-state index in [9.17, 15) is 24.0 Å². The Labute approximate surface area is 283 Å². The highest BCUT2D eigenvalue weighted by molar-refractivity contribution is 6.06. The van der Waals surface area contributed by atoms with E-state index in [1.54, 1.807) is 4.90 Å². The number of hydrogen-bond donors (Lipinski definition) is 2. The highest BCUT2D eigenvalue weighted by Gasteiger charge is 2.58. The first kappa shape index (κ1) is 41.8. The van der Waals surface area contributed by atoms with Crippen LogP contribution in [0.1, 0.15) is 106 Å². The van der Waals surface area contributed by atoms with Gasteiger partial charge in [-0.05, 0) is 63.7 Å². The van der Waals surface area contributed by atoms with Crippen LogP contribution in [0.5, 0.6) is 0 Å². The lowest BCUT2D eigenvalue weighted by atomic mass is 9.85. The number of unbranched alkanes of at least 4 members (excludes halogenated alkanes) is 3. The minimum Gasteiger partial charge on any atom is -0.459 e. The zero-order chi connectivity index (χ0) is 35.7. The molecule has 10 nitrogen and oxygen atoms in total. The molecule has 1 aliphatic heterocycles. The van der Waals surface area contributed by atoms with Gasteiger partial charge >= 0.3 is 5.97 Å². The van der Waals surface area contributed by atoms with Crippen molar-refractivity contribution < 1.29 is 33.8 Å². The zero-order valence-electron chi connectivity index (χ0n) is 30.2. The lowest BCUT2D eigenvalue weighted by Crippen LogP contribution is -2.35. The van der Waals surface area contributed by atoms with Crippen molar-refractivity contribution in [3.63, 3.8) is 0 Å². The summed E-state index contributed by atoms with van der Waals surface area (Å²) in [6, 6.07) is 0. The van der Waals surface area contributed by atoms with Crippen LogP contribution in [0.4, 0.5) is 0 Å². The van der Waals surface area contributed by atoms with Crippen molar-refractivity contribution in [2.75, 3.05) is 33.3 Å². The molecule has 4 amide bonds. The average molecular weight is 660 g/mol. The predicted molar refractivity (Wildman–Crippen MR) is 183 cm³/mol. The number of aliphatic hydroxyl groups is 1. The van der Waals surface area contributed by atoms with E-state index in [4.69, 9.17) is 16.3 Å². The molecule has 2 aliphatic carbocycles. The number of nitrogens with zero attached hydrogens (tertiary/aromatic N) is 2. The largest absolute Gasteiger partial charge is 0.459 e. The molecule has 0 spiro atoms. The summed E-state index contributed by atoms with van der Waals surface area (Å²) >= 11 is 0. The van der Waals surface area contributed by atoms with Crippen molar-refractivity contribution >= 4 is 29.6 Å². The lowest BCUT2D eigenvalue weighted by Gasteiger charge is -2.28. The number of carbonyl (C=O) groups excluding carboxylic acids is 5. The zero-order valence-corrected chi connectivity index (χ0v) is 30.2. The minimum absolute atomic E-state index is 0.00258. The standard InChI is InChI=1S/C34H51N3O6.C2H6.CH4O/c1-7-19-36(20-10-8-9-11-21-37-31(40)29-25-13-14-26(22-25)30(29)32(37)41)28(39)16-15-27(38)35-18-12-17-34(5,6)43-33(42)24(4)23(2)3;2*1-2/h1,13-14,23-26,29-30H,8-12,15-22H2,2-6H3,(H,35,38);1-2H3;2H,1H3. The van der Waals surface area contributed by atoms with E-state index in [1.165, 1.54) is 4.90 Å². The third-order valence-corrected chi connectivity index (χ3v) is 9.35. The van der Waals surface area contributed by atoms with Crippen molar-refractivity contribution in [1.29, 1.82) is 0 Å². The van der Waals surface area contributed by atoms with Crippen LogP contribution >= 0.6 is 0 Å². The molecule has 1 heterocycles. The van der Waals surface area contributed by atoms with Crippen molar-refractivity contribution in [3.05, 3.63) is 12.2 Å². The number of amides is 4. The molecule has 0 radical (unpaired) electrons. The molecule has 266 valence electrons. The molecule has 47 heavy (non-hydrogen) atoms. The van der Waals surface area contributed by atoms with E-state index in [-0.39, 0.29) is 84.5 Å². The third-order valence-electron chi connectivity index (χ3n) is 9.35. The van der Waals surface area contributed by atoms with Gasteiger partial charge in [-0.25, -0.2) is 0 Å². The van der Waals surface area contributed by atoms with E-state index in [1.807, 2.05) is 48.5 Å². The Hall–Kier alpha value is -3.19. The lowest BCUT2D eigenvalue weighted by molar-refractivity contribution is -0.163. The van der Waals surface area contributed by atoms with Gasteiger partial charge in [0.05, 0.1) is 24.3 Å². The fraction of sp³-hybridized carbons (Fsp3) is 0.757. The van der Waals surface area contributed by atoms with Gasteiger partial charge in [-0.15, -0.1) is 6.42 Å². The van der Waals surface area contributed by atoms with E-state index in [2.05, 4.69) is 23.4 Å². The second kappa shape index (κ2) is 20.9. The van der Waals surface area contributed by atoms with Crippen LogP contribution in [0.15, 0.2) is 12.2 Å². The summed E-state index contributed by atoms with van der Waals surface area (Å²) < 4.78 is 5.66. The highest BCUT2D eigenvalue weighted by atomic mass is 16.6. The molecule has 1 saturated carbocycles. The summed E-state index contributed by atoms with van der Waals surface area (Å²) in [5.41, 5.74) is -0.615. The average Bonchev–Trinajstić information content (AvgIpc) is 3.74. The summed E-state index contributed by atoms with van der Waals surface area (Å²) in [6.45, 7) is 15.2. The number of fused-ring (bicyclic) bond motifs is 5. The molecule has 10 heteroatoms. The van der Waals surface area contributed by atoms with Gasteiger partial charge in [0.1, 0.15) is 5.60 Å². The van der Waals surface area contributed by atoms with Crippen LogP contribution in [0.2, 0.25) is 0 Å². The van der Waals surface area contributed by atoms with Gasteiger partial charge in [-0.3, -0.25) is 28.9 Å². The Morgan fingerprint density at radius 3 is 2.13 bits per heavy atom. The Bertz CT molecular complexity index is 1080. The fourth-order valence-electron chi connectivity index (χ4n) is 6.41. The topological polar surface area (TPSA) is 133 Å². The third kappa shape index (κ3) is 12.4. The summed E-state index contributed by atoms with van der Waals surface area (Å²) in [5, 5.41) is 9.85. The Morgan fingerprint density at radius 2 is 1.57 bits per heavy atom. The number of carbonyl (C=O) groups is 5. The number of allylic oxidation sites excluding steroid dienone is 2. The molecule has 2 N–H and O–H groups in total. The summed E-state index contributed by atoms with van der Waals surface area (Å²) in [5.74, 6) is 2.20. The van der Waals surface area contributed by atoms with E-state index in [0.717, 1.165) is 39.2 Å². The van der Waals surface area contributed by atoms with Gasteiger partial charge in [0.15, 0.2) is 0 Å². The molecule has 3 rings (SSSR count). The molecule has 0 aromatic carbocycles. The molecule has 5 atom stereocenters.